The van der Waals surface area contributed by atoms with Crippen LogP contribution in [-0.4, -0.2) is 35.3 Å². The van der Waals surface area contributed by atoms with Crippen molar-refractivity contribution in [1.29, 1.82) is 0 Å². The van der Waals surface area contributed by atoms with E-state index < -0.39 is 0 Å². The fraction of sp³-hybridized carbons (Fsp3) is 0.375. The van der Waals surface area contributed by atoms with Gasteiger partial charge < -0.3 is 10.6 Å². The third-order valence-corrected chi connectivity index (χ3v) is 3.34. The minimum absolute atomic E-state index is 0. The summed E-state index contributed by atoms with van der Waals surface area (Å²) < 4.78 is 14.6. The quantitative estimate of drug-likeness (QED) is 0.761. The molecule has 0 spiro atoms. The van der Waals surface area contributed by atoms with E-state index in [0.29, 0.717) is 12.1 Å². The average molecular weight is 341 g/mol. The lowest BCUT2D eigenvalue weighted by molar-refractivity contribution is 0.0953. The van der Waals surface area contributed by atoms with Crippen LogP contribution < -0.4 is 10.6 Å². The first-order valence-electron chi connectivity index (χ1n) is 7.43. The molecule has 126 valence electrons. The minimum Gasteiger partial charge on any atom is -0.351 e. The maximum Gasteiger partial charge on any atom is 0.254 e. The van der Waals surface area contributed by atoms with Crippen molar-refractivity contribution in [3.8, 4) is 5.69 Å². The van der Waals surface area contributed by atoms with E-state index in [1.165, 1.54) is 18.3 Å². The summed E-state index contributed by atoms with van der Waals surface area (Å²) in [6.07, 6.45) is 2.60. The van der Waals surface area contributed by atoms with E-state index in [1.54, 1.807) is 16.8 Å². The van der Waals surface area contributed by atoms with E-state index in [9.17, 15) is 9.18 Å². The third kappa shape index (κ3) is 5.04. The molecule has 0 bridgehead atoms. The second kappa shape index (κ2) is 9.27. The zero-order valence-corrected chi connectivity index (χ0v) is 14.1. The van der Waals surface area contributed by atoms with E-state index in [4.69, 9.17) is 0 Å². The Morgan fingerprint density at radius 1 is 1.22 bits per heavy atom. The molecule has 2 aromatic rings. The van der Waals surface area contributed by atoms with Crippen molar-refractivity contribution in [2.75, 3.05) is 19.6 Å². The summed E-state index contributed by atoms with van der Waals surface area (Å²) in [6, 6.07) is 6.00. The van der Waals surface area contributed by atoms with Crippen LogP contribution in [-0.2, 0) is 0 Å². The highest BCUT2D eigenvalue weighted by Crippen LogP contribution is 2.14. The first kappa shape index (κ1) is 19.1. The van der Waals surface area contributed by atoms with Crippen molar-refractivity contribution in [3.05, 3.63) is 47.5 Å². The van der Waals surface area contributed by atoms with Gasteiger partial charge in [-0.1, -0.05) is 6.92 Å². The Hall–Kier alpha value is -1.92. The van der Waals surface area contributed by atoms with Gasteiger partial charge in [0.15, 0.2) is 0 Å². The molecule has 0 saturated carbocycles. The Morgan fingerprint density at radius 3 is 2.57 bits per heavy atom. The van der Waals surface area contributed by atoms with Crippen LogP contribution in [0.3, 0.4) is 0 Å². The number of aromatic nitrogens is 2. The predicted octanol–water partition coefficient (Wildman–Crippen LogP) is 2.47. The molecule has 0 radical (unpaired) electrons. The lowest BCUT2D eigenvalue weighted by Crippen LogP contribution is -2.32. The van der Waals surface area contributed by atoms with Crippen molar-refractivity contribution in [2.45, 2.75) is 20.3 Å². The van der Waals surface area contributed by atoms with Gasteiger partial charge in [-0.25, -0.2) is 9.07 Å². The Morgan fingerprint density at radius 2 is 1.91 bits per heavy atom. The SMILES string of the molecule is CCCNCCNC(=O)c1cnn(-c2ccc(F)cc2)c1C.Cl. The Balaban J connectivity index is 0.00000264. The molecule has 0 unspecified atom stereocenters. The smallest absolute Gasteiger partial charge is 0.254 e. The second-order valence-electron chi connectivity index (χ2n) is 5.04. The van der Waals surface area contributed by atoms with Crippen LogP contribution in [0, 0.1) is 12.7 Å². The van der Waals surface area contributed by atoms with Crippen LogP contribution in [0.2, 0.25) is 0 Å². The van der Waals surface area contributed by atoms with Gasteiger partial charge in [-0.15, -0.1) is 12.4 Å². The molecular formula is C16H22ClFN4O. The summed E-state index contributed by atoms with van der Waals surface area (Å²) >= 11 is 0. The van der Waals surface area contributed by atoms with Gasteiger partial charge in [0, 0.05) is 13.1 Å². The molecule has 5 nitrogen and oxygen atoms in total. The van der Waals surface area contributed by atoms with Crippen LogP contribution >= 0.6 is 12.4 Å². The highest BCUT2D eigenvalue weighted by atomic mass is 35.5. The molecule has 0 fully saturated rings. The summed E-state index contributed by atoms with van der Waals surface area (Å²) in [4.78, 5) is 12.1. The first-order valence-corrected chi connectivity index (χ1v) is 7.43. The monoisotopic (exact) mass is 340 g/mol. The molecule has 1 heterocycles. The number of nitrogens with zero attached hydrogens (tertiary/aromatic N) is 2. The number of hydrogen-bond acceptors (Lipinski definition) is 3. The van der Waals surface area contributed by atoms with E-state index in [2.05, 4.69) is 22.7 Å². The van der Waals surface area contributed by atoms with E-state index in [0.717, 1.165) is 30.9 Å². The van der Waals surface area contributed by atoms with Crippen molar-refractivity contribution in [3.63, 3.8) is 0 Å². The van der Waals surface area contributed by atoms with Crippen molar-refractivity contribution < 1.29 is 9.18 Å². The number of benzene rings is 1. The van der Waals surface area contributed by atoms with E-state index in [1.807, 2.05) is 6.92 Å². The van der Waals surface area contributed by atoms with Crippen molar-refractivity contribution in [1.82, 2.24) is 20.4 Å². The number of nitrogens with one attached hydrogen (secondary N) is 2. The molecule has 0 aliphatic heterocycles. The zero-order chi connectivity index (χ0) is 15.9. The number of carbonyl (C=O) groups is 1. The molecule has 7 heteroatoms. The summed E-state index contributed by atoms with van der Waals surface area (Å²) in [5.41, 5.74) is 1.98. The van der Waals surface area contributed by atoms with Gasteiger partial charge in [0.25, 0.3) is 5.91 Å². The average Bonchev–Trinajstić information content (AvgIpc) is 2.89. The summed E-state index contributed by atoms with van der Waals surface area (Å²) in [7, 11) is 0. The molecule has 0 atom stereocenters. The lowest BCUT2D eigenvalue weighted by Gasteiger charge is -2.07. The molecular weight excluding hydrogens is 319 g/mol. The number of carbonyl (C=O) groups excluding carboxylic acids is 1. The van der Waals surface area contributed by atoms with Gasteiger partial charge >= 0.3 is 0 Å². The number of amides is 1. The molecule has 0 aliphatic rings. The minimum atomic E-state index is -0.300. The highest BCUT2D eigenvalue weighted by Gasteiger charge is 2.14. The van der Waals surface area contributed by atoms with Gasteiger partial charge in [0.1, 0.15) is 5.82 Å². The van der Waals surface area contributed by atoms with Gasteiger partial charge in [0.05, 0.1) is 23.1 Å². The molecule has 23 heavy (non-hydrogen) atoms. The highest BCUT2D eigenvalue weighted by molar-refractivity contribution is 5.95. The van der Waals surface area contributed by atoms with Gasteiger partial charge in [-0.2, -0.15) is 5.10 Å². The number of rotatable bonds is 7. The van der Waals surface area contributed by atoms with Crippen LogP contribution in [0.5, 0.6) is 0 Å². The lowest BCUT2D eigenvalue weighted by atomic mass is 10.2. The van der Waals surface area contributed by atoms with Crippen LogP contribution in [0.15, 0.2) is 30.5 Å². The summed E-state index contributed by atoms with van der Waals surface area (Å²) in [6.45, 7) is 6.17. The molecule has 1 aromatic heterocycles. The Kier molecular flexibility index (Phi) is 7.71. The topological polar surface area (TPSA) is 58.9 Å². The normalized spacial score (nSPS) is 10.2. The predicted molar refractivity (Wildman–Crippen MR) is 91.0 cm³/mol. The fourth-order valence-corrected chi connectivity index (χ4v) is 2.14. The largest absolute Gasteiger partial charge is 0.351 e. The molecule has 1 amide bonds. The molecule has 2 rings (SSSR count). The van der Waals surface area contributed by atoms with E-state index >= 15 is 0 Å². The van der Waals surface area contributed by atoms with E-state index in [-0.39, 0.29) is 24.1 Å². The standard InChI is InChI=1S/C16H21FN4O.ClH/c1-3-8-18-9-10-19-16(22)15-11-20-21(12(15)2)14-6-4-13(17)5-7-14;/h4-7,11,18H,3,8-10H2,1-2H3,(H,19,22);1H. The summed E-state index contributed by atoms with van der Waals surface area (Å²) in [5, 5.41) is 10.3. The van der Waals surface area contributed by atoms with Gasteiger partial charge in [-0.05, 0) is 44.2 Å². The van der Waals surface area contributed by atoms with Crippen LogP contribution in [0.1, 0.15) is 29.4 Å². The molecule has 0 saturated heterocycles. The zero-order valence-electron chi connectivity index (χ0n) is 13.3. The van der Waals surface area contributed by atoms with Gasteiger partial charge in [-0.3, -0.25) is 4.79 Å². The fourth-order valence-electron chi connectivity index (χ4n) is 2.14. The van der Waals surface area contributed by atoms with Crippen LogP contribution in [0.25, 0.3) is 5.69 Å². The molecule has 0 aliphatic carbocycles. The van der Waals surface area contributed by atoms with Crippen molar-refractivity contribution >= 4 is 18.3 Å². The third-order valence-electron chi connectivity index (χ3n) is 3.34. The maximum absolute atomic E-state index is 13.0. The number of halogens is 2. The molecule has 2 N–H and O–H groups in total. The Bertz CT molecular complexity index is 628. The van der Waals surface area contributed by atoms with Gasteiger partial charge in [0.2, 0.25) is 0 Å². The second-order valence-corrected chi connectivity index (χ2v) is 5.04. The first-order chi connectivity index (χ1) is 10.6. The molecule has 1 aromatic carbocycles. The summed E-state index contributed by atoms with van der Waals surface area (Å²) in [5.74, 6) is -0.449. The Labute approximate surface area is 141 Å². The van der Waals surface area contributed by atoms with Crippen molar-refractivity contribution in [2.24, 2.45) is 0 Å². The maximum atomic E-state index is 13.0. The number of hydrogen-bond donors (Lipinski definition) is 2. The van der Waals surface area contributed by atoms with Crippen LogP contribution in [0.4, 0.5) is 4.39 Å².